The Morgan fingerprint density at radius 3 is 2.47 bits per heavy atom. The van der Waals surface area contributed by atoms with Crippen LogP contribution in [0.1, 0.15) is 39.5 Å². The van der Waals surface area contributed by atoms with Crippen LogP contribution in [0.2, 0.25) is 0 Å². The molecule has 0 atom stereocenters. The summed E-state index contributed by atoms with van der Waals surface area (Å²) in [5.74, 6) is 0. The van der Waals surface area contributed by atoms with Gasteiger partial charge in [-0.05, 0) is 29.1 Å². The molecule has 1 aliphatic rings. The minimum absolute atomic E-state index is 1.11. The Kier molecular flexibility index (Phi) is 10.9. The van der Waals surface area contributed by atoms with Crippen molar-refractivity contribution in [3.8, 4) is 0 Å². The standard InChI is InChI=1S/C12H21N.HIO3/c1-3-4-5-6-9-13-10-7-12(2)8-11-13;2-1(3)4/h7-8,10H,3-6,9,11H2,1-2H3;2H. The van der Waals surface area contributed by atoms with Crippen molar-refractivity contribution in [3.63, 3.8) is 0 Å². The lowest BCUT2D eigenvalue weighted by Crippen LogP contribution is -3.98. The second-order valence-electron chi connectivity index (χ2n) is 4.02. The molecule has 0 bridgehead atoms. The molecule has 1 aliphatic heterocycles. The lowest BCUT2D eigenvalue weighted by Gasteiger charge is -2.21. The number of hydrogen-bond acceptors (Lipinski definition) is 4. The van der Waals surface area contributed by atoms with E-state index >= 15 is 0 Å². The summed E-state index contributed by atoms with van der Waals surface area (Å²) in [6.45, 7) is 6.74. The van der Waals surface area contributed by atoms with Gasteiger partial charge in [0.2, 0.25) is 0 Å². The summed E-state index contributed by atoms with van der Waals surface area (Å²) in [5.41, 5.74) is 1.39. The number of rotatable bonds is 5. The Morgan fingerprint density at radius 2 is 2.00 bits per heavy atom. The molecular weight excluding hydrogens is 333 g/mol. The zero-order chi connectivity index (χ0) is 13.1. The van der Waals surface area contributed by atoms with Crippen LogP contribution in [0.25, 0.3) is 0 Å². The predicted molar refractivity (Wildman–Crippen MR) is 60.8 cm³/mol. The molecular formula is C12H22INO3. The van der Waals surface area contributed by atoms with E-state index < -0.39 is 21.1 Å². The van der Waals surface area contributed by atoms with Gasteiger partial charge >= 0.3 is 21.1 Å². The van der Waals surface area contributed by atoms with Gasteiger partial charge in [-0.15, -0.1) is 0 Å². The Morgan fingerprint density at radius 1 is 1.35 bits per heavy atom. The van der Waals surface area contributed by atoms with Crippen molar-refractivity contribution in [2.24, 2.45) is 0 Å². The maximum Gasteiger partial charge on any atom is 0.503 e. The highest BCUT2D eigenvalue weighted by Gasteiger charge is 2.00. The maximum absolute atomic E-state index is 8.68. The van der Waals surface area contributed by atoms with Crippen LogP contribution >= 0.6 is 0 Å². The second kappa shape index (κ2) is 11.0. The summed E-state index contributed by atoms with van der Waals surface area (Å²) in [7, 11) is 0. The van der Waals surface area contributed by atoms with E-state index in [2.05, 4.69) is 37.1 Å². The third-order valence-corrected chi connectivity index (χ3v) is 2.49. The summed E-state index contributed by atoms with van der Waals surface area (Å²) in [4.78, 5) is 2.39. The molecule has 0 radical (unpaired) electrons. The summed E-state index contributed by atoms with van der Waals surface area (Å²) < 4.78 is 24.5. The van der Waals surface area contributed by atoms with Crippen molar-refractivity contribution in [2.45, 2.75) is 39.5 Å². The average molecular weight is 355 g/mol. The van der Waals surface area contributed by atoms with E-state index in [9.17, 15) is 0 Å². The van der Waals surface area contributed by atoms with E-state index in [1.807, 2.05) is 0 Å². The fourth-order valence-corrected chi connectivity index (χ4v) is 1.52. The van der Waals surface area contributed by atoms with E-state index in [0.717, 1.165) is 6.54 Å². The molecule has 0 spiro atoms. The van der Waals surface area contributed by atoms with Crippen molar-refractivity contribution in [3.05, 3.63) is 23.9 Å². The number of hydrogen-bond donors (Lipinski definition) is 1. The summed E-state index contributed by atoms with van der Waals surface area (Å²) >= 11 is -3.76. The van der Waals surface area contributed by atoms with Crippen LogP contribution in [0, 0.1) is 0 Å². The normalized spacial score (nSPS) is 14.5. The lowest BCUT2D eigenvalue weighted by molar-refractivity contribution is -1.63. The van der Waals surface area contributed by atoms with Crippen LogP contribution in [-0.2, 0) is 0 Å². The Bertz CT molecular complexity index is 239. The number of unbranched alkanes of at least 4 members (excludes halogenated alkanes) is 3. The van der Waals surface area contributed by atoms with Crippen molar-refractivity contribution in [1.82, 2.24) is 4.90 Å². The van der Waals surface area contributed by atoms with Gasteiger partial charge in [0, 0.05) is 13.1 Å². The molecule has 1 rings (SSSR count). The first-order chi connectivity index (χ1) is 8.06. The fraction of sp³-hybridized carbons (Fsp3) is 0.667. The first-order valence-corrected chi connectivity index (χ1v) is 8.62. The molecule has 0 aromatic heterocycles. The smallest absolute Gasteiger partial charge is 0.396 e. The van der Waals surface area contributed by atoms with Crippen LogP contribution in [0.5, 0.6) is 0 Å². The van der Waals surface area contributed by atoms with E-state index in [4.69, 9.17) is 10.3 Å². The Balaban J connectivity index is 0.000000557. The van der Waals surface area contributed by atoms with Crippen LogP contribution in [0.15, 0.2) is 23.9 Å². The molecule has 0 aromatic rings. The molecule has 0 fully saturated rings. The monoisotopic (exact) mass is 355 g/mol. The van der Waals surface area contributed by atoms with E-state index in [1.54, 1.807) is 0 Å². The largest absolute Gasteiger partial charge is 0.503 e. The minimum atomic E-state index is -3.76. The molecule has 0 unspecified atom stereocenters. The van der Waals surface area contributed by atoms with Gasteiger partial charge in [0.05, 0.1) is 0 Å². The molecule has 17 heavy (non-hydrogen) atoms. The molecule has 0 aromatic carbocycles. The summed E-state index contributed by atoms with van der Waals surface area (Å²) in [5, 5.41) is 0. The quantitative estimate of drug-likeness (QED) is 0.434. The van der Waals surface area contributed by atoms with Crippen LogP contribution in [0.3, 0.4) is 0 Å². The number of nitrogens with zero attached hydrogens (tertiary/aromatic N) is 1. The van der Waals surface area contributed by atoms with Gasteiger partial charge in [0.15, 0.2) is 0 Å². The molecule has 0 aliphatic carbocycles. The van der Waals surface area contributed by atoms with Gasteiger partial charge in [0.25, 0.3) is 0 Å². The molecule has 4 nitrogen and oxygen atoms in total. The molecule has 0 saturated heterocycles. The highest BCUT2D eigenvalue weighted by molar-refractivity contribution is 5.19. The van der Waals surface area contributed by atoms with Crippen LogP contribution in [-0.4, -0.2) is 21.4 Å². The SMILES string of the molecule is CCCCCCN1C=CC(C)=CC1.[O-][I+2]([O-])O. The van der Waals surface area contributed by atoms with Crippen LogP contribution < -0.4 is 27.9 Å². The topological polar surface area (TPSA) is 69.6 Å². The lowest BCUT2D eigenvalue weighted by atomic mass is 10.2. The van der Waals surface area contributed by atoms with Crippen molar-refractivity contribution < 1.29 is 31.4 Å². The first-order valence-electron chi connectivity index (χ1n) is 5.89. The molecule has 100 valence electrons. The summed E-state index contributed by atoms with van der Waals surface area (Å²) in [6.07, 6.45) is 12.1. The van der Waals surface area contributed by atoms with E-state index in [0.29, 0.717) is 0 Å². The van der Waals surface area contributed by atoms with E-state index in [-0.39, 0.29) is 0 Å². The van der Waals surface area contributed by atoms with Gasteiger partial charge in [-0.25, -0.2) is 0 Å². The minimum Gasteiger partial charge on any atom is -0.396 e. The third-order valence-electron chi connectivity index (χ3n) is 2.49. The highest BCUT2D eigenvalue weighted by Crippen LogP contribution is 2.08. The molecule has 1 N–H and O–H groups in total. The third kappa shape index (κ3) is 12.1. The van der Waals surface area contributed by atoms with Gasteiger partial charge in [-0.1, -0.05) is 37.8 Å². The summed E-state index contributed by atoms with van der Waals surface area (Å²) in [6, 6.07) is 0. The van der Waals surface area contributed by atoms with Gasteiger partial charge in [0.1, 0.15) is 0 Å². The zero-order valence-corrected chi connectivity index (χ0v) is 12.7. The molecule has 0 amide bonds. The zero-order valence-electron chi connectivity index (χ0n) is 10.6. The van der Waals surface area contributed by atoms with Crippen molar-refractivity contribution in [1.29, 1.82) is 0 Å². The van der Waals surface area contributed by atoms with Crippen molar-refractivity contribution in [2.75, 3.05) is 13.1 Å². The van der Waals surface area contributed by atoms with Gasteiger partial charge in [-0.2, -0.15) is 0 Å². The first kappa shape index (κ1) is 16.9. The van der Waals surface area contributed by atoms with Crippen LogP contribution in [0.4, 0.5) is 0 Å². The molecule has 5 heteroatoms. The highest BCUT2D eigenvalue weighted by atomic mass is 127. The number of halogens is 1. The Labute approximate surface area is 113 Å². The van der Waals surface area contributed by atoms with Gasteiger partial charge in [-0.3, -0.25) is 0 Å². The molecule has 1 heterocycles. The number of allylic oxidation sites excluding steroid dienone is 2. The van der Waals surface area contributed by atoms with E-state index in [1.165, 1.54) is 37.8 Å². The van der Waals surface area contributed by atoms with Gasteiger partial charge < -0.3 is 11.8 Å². The second-order valence-corrected chi connectivity index (χ2v) is 5.17. The van der Waals surface area contributed by atoms with Crippen molar-refractivity contribution >= 4 is 0 Å². The fourth-order valence-electron chi connectivity index (χ4n) is 1.52. The average Bonchev–Trinajstić information content (AvgIpc) is 2.26. The Hall–Kier alpha value is -0.110. The molecule has 0 saturated carbocycles. The predicted octanol–water partition coefficient (Wildman–Crippen LogP) is -2.59. The maximum atomic E-state index is 8.68.